The fourth-order valence-corrected chi connectivity index (χ4v) is 9.84. The normalized spacial score (nSPS) is 22.4. The van der Waals surface area contributed by atoms with Crippen molar-refractivity contribution in [2.24, 2.45) is 11.3 Å². The highest BCUT2D eigenvalue weighted by Crippen LogP contribution is 2.61. The van der Waals surface area contributed by atoms with Gasteiger partial charge in [0.15, 0.2) is 0 Å². The average Bonchev–Trinajstić information content (AvgIpc) is 3.39. The van der Waals surface area contributed by atoms with Crippen molar-refractivity contribution in [2.45, 2.75) is 174 Å². The summed E-state index contributed by atoms with van der Waals surface area (Å²) in [5.41, 5.74) is 4.01. The maximum absolute atomic E-state index is 14.0. The van der Waals surface area contributed by atoms with Crippen LogP contribution in [0.3, 0.4) is 0 Å². The highest BCUT2D eigenvalue weighted by molar-refractivity contribution is 6.76. The summed E-state index contributed by atoms with van der Waals surface area (Å²) in [6, 6.07) is 7.14. The van der Waals surface area contributed by atoms with Crippen LogP contribution < -0.4 is 5.32 Å². The van der Waals surface area contributed by atoms with Crippen LogP contribution >= 0.6 is 0 Å². The molecule has 1 spiro atoms. The molecule has 9 nitrogen and oxygen atoms in total. The van der Waals surface area contributed by atoms with Crippen molar-refractivity contribution in [2.75, 3.05) is 6.61 Å². The first kappa shape index (κ1) is 38.7. The van der Waals surface area contributed by atoms with E-state index in [0.29, 0.717) is 32.0 Å². The molecule has 0 radical (unpaired) electrons. The van der Waals surface area contributed by atoms with E-state index in [1.54, 1.807) is 0 Å². The van der Waals surface area contributed by atoms with Crippen molar-refractivity contribution >= 4 is 25.9 Å². The van der Waals surface area contributed by atoms with Gasteiger partial charge in [-0.05, 0) is 88.3 Å². The molecule has 3 heterocycles. The predicted molar refractivity (Wildman–Crippen MR) is 207 cm³/mol. The lowest BCUT2D eigenvalue weighted by Crippen LogP contribution is -2.34. The van der Waals surface area contributed by atoms with Gasteiger partial charge >= 0.3 is 6.09 Å². The molecule has 6 rings (SSSR count). The predicted octanol–water partition coefficient (Wildman–Crippen LogP) is 10.0. The van der Waals surface area contributed by atoms with Crippen LogP contribution in [0.4, 0.5) is 4.79 Å². The maximum atomic E-state index is 14.0. The van der Waals surface area contributed by atoms with E-state index in [9.17, 15) is 14.4 Å². The molecular formula is C42H64N4O5Si. The van der Waals surface area contributed by atoms with Crippen molar-refractivity contribution in [3.05, 3.63) is 41.3 Å². The number of imidazole rings is 1. The number of hydrogen-bond acceptors (Lipinski definition) is 6. The highest BCUT2D eigenvalue weighted by Gasteiger charge is 2.57. The Morgan fingerprint density at radius 1 is 1.04 bits per heavy atom. The first-order valence-corrected chi connectivity index (χ1v) is 24.0. The van der Waals surface area contributed by atoms with Crippen LogP contribution in [0.25, 0.3) is 11.3 Å². The fourth-order valence-electron chi connectivity index (χ4n) is 9.08. The van der Waals surface area contributed by atoms with Gasteiger partial charge in [-0.15, -0.1) is 0 Å². The molecule has 2 aromatic rings. The average molecular weight is 733 g/mol. The molecule has 10 heteroatoms. The van der Waals surface area contributed by atoms with E-state index < -0.39 is 13.7 Å². The van der Waals surface area contributed by atoms with Gasteiger partial charge in [0.2, 0.25) is 5.91 Å². The van der Waals surface area contributed by atoms with Gasteiger partial charge in [-0.3, -0.25) is 14.5 Å². The number of hydrogen-bond donors (Lipinski definition) is 1. The second kappa shape index (κ2) is 15.8. The molecule has 2 unspecified atom stereocenters. The Morgan fingerprint density at radius 2 is 1.79 bits per heavy atom. The van der Waals surface area contributed by atoms with Crippen LogP contribution in [0, 0.1) is 11.3 Å². The number of unbranched alkanes of at least 4 members (excludes halogenated alkanes) is 2. The Balaban J connectivity index is 1.31. The van der Waals surface area contributed by atoms with Gasteiger partial charge < -0.3 is 19.4 Å². The van der Waals surface area contributed by atoms with Crippen LogP contribution in [-0.2, 0) is 25.8 Å². The third-order valence-electron chi connectivity index (χ3n) is 12.0. The number of aromatic nitrogens is 2. The smallest absolute Gasteiger partial charge is 0.411 e. The molecule has 2 aliphatic heterocycles. The second-order valence-electron chi connectivity index (χ2n) is 18.3. The van der Waals surface area contributed by atoms with E-state index in [2.05, 4.69) is 47.7 Å². The lowest BCUT2D eigenvalue weighted by molar-refractivity contribution is -0.124. The Kier molecular flexibility index (Phi) is 11.8. The van der Waals surface area contributed by atoms with Crippen molar-refractivity contribution < 1.29 is 23.9 Å². The Labute approximate surface area is 313 Å². The van der Waals surface area contributed by atoms with E-state index in [-0.39, 0.29) is 41.5 Å². The zero-order chi connectivity index (χ0) is 37.3. The largest absolute Gasteiger partial charge is 0.444 e. The maximum Gasteiger partial charge on any atom is 0.411 e. The van der Waals surface area contributed by atoms with E-state index in [1.807, 2.05) is 38.8 Å². The highest BCUT2D eigenvalue weighted by atomic mass is 28.3. The van der Waals surface area contributed by atoms with Gasteiger partial charge in [0, 0.05) is 39.0 Å². The van der Waals surface area contributed by atoms with E-state index >= 15 is 0 Å². The standard InChI is InChI=1S/C42H64N4O5Si/c1-8-29(47)16-11-9-12-19-33(44-39(48)32-26-42(32)22-13-10-14-23-42)38-43-27-36(45(38)28-50-24-25-52(5,6)7)31-18-15-17-30-34-20-21-35(37(30)31)46(34)40(49)51-41(2,3)4/h15,17-18,27,32-35H,8-14,16,19-26,28H2,1-7H3,(H,44,48)/t32-,33+,34?,35?/m1/s1. The topological polar surface area (TPSA) is 103 Å². The minimum atomic E-state index is -1.31. The summed E-state index contributed by atoms with van der Waals surface area (Å²) < 4.78 is 14.6. The first-order valence-electron chi connectivity index (χ1n) is 20.3. The summed E-state index contributed by atoms with van der Waals surface area (Å²) in [7, 11) is -1.31. The number of ether oxygens (including phenoxy) is 2. The summed E-state index contributed by atoms with van der Waals surface area (Å²) in [4.78, 5) is 46.6. The number of ketones is 1. The molecule has 286 valence electrons. The van der Waals surface area contributed by atoms with Crippen LogP contribution in [-0.4, -0.2) is 52.5 Å². The molecule has 4 aliphatic rings. The van der Waals surface area contributed by atoms with E-state index in [0.717, 1.165) is 80.9 Å². The number of nitrogens with one attached hydrogen (secondary N) is 1. The van der Waals surface area contributed by atoms with Crippen molar-refractivity contribution in [1.82, 2.24) is 19.8 Å². The quantitative estimate of drug-likeness (QED) is 0.136. The SMILES string of the molecule is CCC(=O)CCCCC[C@H](NC(=O)[C@H]1CC12CCCCC2)c1ncc(-c2cccc3c2C2CCC3N2C(=O)OC(C)(C)C)n1COCC[Si](C)(C)C. The second-order valence-corrected chi connectivity index (χ2v) is 23.9. The Bertz CT molecular complexity index is 1600. The molecule has 1 saturated heterocycles. The molecular weight excluding hydrogens is 669 g/mol. The van der Waals surface area contributed by atoms with E-state index in [4.69, 9.17) is 14.5 Å². The minimum Gasteiger partial charge on any atom is -0.444 e. The van der Waals surface area contributed by atoms with Crippen LogP contribution in [0.1, 0.15) is 153 Å². The molecule has 52 heavy (non-hydrogen) atoms. The monoisotopic (exact) mass is 732 g/mol. The molecule has 4 atom stereocenters. The molecule has 3 fully saturated rings. The van der Waals surface area contributed by atoms with Crippen LogP contribution in [0.5, 0.6) is 0 Å². The summed E-state index contributed by atoms with van der Waals surface area (Å²) in [5, 5.41) is 3.51. The van der Waals surface area contributed by atoms with Crippen molar-refractivity contribution in [1.29, 1.82) is 0 Å². The number of Topliss-reactive ketones (excluding diaryl/α,β-unsaturated/α-hetero) is 1. The van der Waals surface area contributed by atoms with Crippen molar-refractivity contribution in [3.63, 3.8) is 0 Å². The molecule has 2 saturated carbocycles. The van der Waals surface area contributed by atoms with Gasteiger partial charge in [-0.2, -0.15) is 0 Å². The van der Waals surface area contributed by atoms with Crippen LogP contribution in [0.15, 0.2) is 24.4 Å². The third-order valence-corrected chi connectivity index (χ3v) is 13.7. The minimum absolute atomic E-state index is 0.00378. The zero-order valence-electron chi connectivity index (χ0n) is 33.0. The van der Waals surface area contributed by atoms with Gasteiger partial charge in [0.25, 0.3) is 0 Å². The van der Waals surface area contributed by atoms with E-state index in [1.165, 1.54) is 30.4 Å². The number of carbonyl (C=O) groups excluding carboxylic acids is 3. The third kappa shape index (κ3) is 8.69. The number of carbonyl (C=O) groups is 3. The summed E-state index contributed by atoms with van der Waals surface area (Å²) in [6.07, 6.45) is 15.2. The van der Waals surface area contributed by atoms with Gasteiger partial charge in [0.05, 0.1) is 30.0 Å². The Hall–Kier alpha value is -2.98. The van der Waals surface area contributed by atoms with Gasteiger partial charge in [-0.1, -0.05) is 76.9 Å². The summed E-state index contributed by atoms with van der Waals surface area (Å²) in [6.45, 7) is 15.8. The van der Waals surface area contributed by atoms with Crippen molar-refractivity contribution in [3.8, 4) is 11.3 Å². The number of amides is 2. The summed E-state index contributed by atoms with van der Waals surface area (Å²) in [5.74, 6) is 1.38. The lowest BCUT2D eigenvalue weighted by atomic mass is 9.84. The molecule has 1 N–H and O–H groups in total. The fraction of sp³-hybridized carbons (Fsp3) is 0.714. The first-order chi connectivity index (χ1) is 24.7. The number of fused-ring (bicyclic) bond motifs is 5. The zero-order valence-corrected chi connectivity index (χ0v) is 34.0. The summed E-state index contributed by atoms with van der Waals surface area (Å²) >= 11 is 0. The molecule has 1 aromatic carbocycles. The number of nitrogens with zero attached hydrogens (tertiary/aromatic N) is 3. The Morgan fingerprint density at radius 3 is 2.50 bits per heavy atom. The molecule has 1 aromatic heterocycles. The lowest BCUT2D eigenvalue weighted by Gasteiger charge is -2.27. The van der Waals surface area contributed by atoms with Gasteiger partial charge in [0.1, 0.15) is 23.9 Å². The molecule has 2 bridgehead atoms. The molecule has 2 amide bonds. The number of benzene rings is 1. The number of rotatable bonds is 16. The molecule has 2 aliphatic carbocycles. The van der Waals surface area contributed by atoms with Gasteiger partial charge in [-0.25, -0.2) is 9.78 Å². The van der Waals surface area contributed by atoms with Crippen LogP contribution in [0.2, 0.25) is 25.7 Å².